The zero-order valence-corrected chi connectivity index (χ0v) is 8.26. The van der Waals surface area contributed by atoms with Crippen molar-refractivity contribution in [2.24, 2.45) is 0 Å². The molecular weight excluding hydrogens is 238 g/mol. The van der Waals surface area contributed by atoms with Gasteiger partial charge in [-0.2, -0.15) is 5.10 Å². The summed E-state index contributed by atoms with van der Waals surface area (Å²) in [6, 6.07) is -1.03. The third kappa shape index (κ3) is 1.61. The van der Waals surface area contributed by atoms with Crippen molar-refractivity contribution in [3.8, 4) is 0 Å². The summed E-state index contributed by atoms with van der Waals surface area (Å²) in [7, 11) is 1.12. The van der Waals surface area contributed by atoms with Crippen LogP contribution < -0.4 is 0 Å². The number of hydrogen-bond donors (Lipinski definition) is 0. The summed E-state index contributed by atoms with van der Waals surface area (Å²) in [5.41, 5.74) is 0. The van der Waals surface area contributed by atoms with E-state index in [0.717, 1.165) is 17.1 Å². The molecule has 4 nitrogen and oxygen atoms in total. The lowest BCUT2D eigenvalue weighted by molar-refractivity contribution is 0.0983. The SMILES string of the molecule is O=S(=O)(Cl)c1cnn(C2CC2(F)F)c1. The van der Waals surface area contributed by atoms with Gasteiger partial charge in [0.1, 0.15) is 10.9 Å². The van der Waals surface area contributed by atoms with Crippen LogP contribution in [0.4, 0.5) is 8.78 Å². The minimum Gasteiger partial charge on any atom is -0.262 e. The Morgan fingerprint density at radius 3 is 2.57 bits per heavy atom. The zero-order valence-electron chi connectivity index (χ0n) is 6.69. The molecule has 2 rings (SSSR count). The van der Waals surface area contributed by atoms with E-state index in [1.165, 1.54) is 0 Å². The van der Waals surface area contributed by atoms with E-state index < -0.39 is 21.0 Å². The molecule has 1 unspecified atom stereocenters. The summed E-state index contributed by atoms with van der Waals surface area (Å²) in [5, 5.41) is 3.51. The van der Waals surface area contributed by atoms with Gasteiger partial charge in [-0.3, -0.25) is 4.68 Å². The van der Waals surface area contributed by atoms with Crippen molar-refractivity contribution in [2.45, 2.75) is 23.3 Å². The fourth-order valence-electron chi connectivity index (χ4n) is 1.10. The lowest BCUT2D eigenvalue weighted by Crippen LogP contribution is -2.02. The molecule has 0 amide bonds. The van der Waals surface area contributed by atoms with Gasteiger partial charge in [0, 0.05) is 23.3 Å². The van der Waals surface area contributed by atoms with Gasteiger partial charge in [0.25, 0.3) is 15.0 Å². The van der Waals surface area contributed by atoms with Gasteiger partial charge in [0.05, 0.1) is 6.20 Å². The van der Waals surface area contributed by atoms with Crippen LogP contribution in [0.1, 0.15) is 12.5 Å². The second-order valence-electron chi connectivity index (χ2n) is 3.07. The topological polar surface area (TPSA) is 52.0 Å². The molecule has 1 fully saturated rings. The molecule has 14 heavy (non-hydrogen) atoms. The maximum absolute atomic E-state index is 12.5. The highest BCUT2D eigenvalue weighted by Gasteiger charge is 2.59. The molecule has 0 saturated heterocycles. The summed E-state index contributed by atoms with van der Waals surface area (Å²) in [5.74, 6) is -2.78. The maximum Gasteiger partial charge on any atom is 0.272 e. The fourth-order valence-corrected chi connectivity index (χ4v) is 1.75. The quantitative estimate of drug-likeness (QED) is 0.737. The summed E-state index contributed by atoms with van der Waals surface area (Å²) in [6.07, 6.45) is 1.65. The van der Waals surface area contributed by atoms with Crippen LogP contribution >= 0.6 is 10.7 Å². The predicted octanol–water partition coefficient (Wildman–Crippen LogP) is 1.39. The van der Waals surface area contributed by atoms with Gasteiger partial charge in [-0.15, -0.1) is 0 Å². The molecular formula is C6H5ClF2N2O2S. The Morgan fingerprint density at radius 1 is 1.64 bits per heavy atom. The van der Waals surface area contributed by atoms with Gasteiger partial charge in [-0.05, 0) is 0 Å². The van der Waals surface area contributed by atoms with Gasteiger partial charge in [0.2, 0.25) is 0 Å². The second-order valence-corrected chi connectivity index (χ2v) is 5.64. The van der Waals surface area contributed by atoms with Crippen LogP contribution in [0.25, 0.3) is 0 Å². The van der Waals surface area contributed by atoms with E-state index in [2.05, 4.69) is 5.10 Å². The Morgan fingerprint density at radius 2 is 2.21 bits per heavy atom. The third-order valence-corrected chi connectivity index (χ3v) is 3.28. The molecule has 0 bridgehead atoms. The number of aromatic nitrogens is 2. The number of hydrogen-bond acceptors (Lipinski definition) is 3. The number of halogens is 3. The van der Waals surface area contributed by atoms with Crippen LogP contribution in [0.3, 0.4) is 0 Å². The summed E-state index contributed by atoms with van der Waals surface area (Å²) < 4.78 is 47.6. The van der Waals surface area contributed by atoms with Crippen LogP contribution in [0.2, 0.25) is 0 Å². The monoisotopic (exact) mass is 242 g/mol. The fraction of sp³-hybridized carbons (Fsp3) is 0.500. The molecule has 0 aromatic carbocycles. The van der Waals surface area contributed by atoms with Crippen LogP contribution in [-0.4, -0.2) is 24.1 Å². The Hall–Kier alpha value is -0.690. The normalized spacial score (nSPS) is 24.9. The Bertz CT molecular complexity index is 470. The van der Waals surface area contributed by atoms with Gasteiger partial charge in [0.15, 0.2) is 0 Å². The van der Waals surface area contributed by atoms with Crippen molar-refractivity contribution < 1.29 is 17.2 Å². The first kappa shape index (κ1) is 9.85. The van der Waals surface area contributed by atoms with E-state index in [0.29, 0.717) is 0 Å². The average molecular weight is 243 g/mol. The predicted molar refractivity (Wildman–Crippen MR) is 43.9 cm³/mol. The molecule has 0 N–H and O–H groups in total. The van der Waals surface area contributed by atoms with Crippen LogP contribution in [0, 0.1) is 0 Å². The average Bonchev–Trinajstić information content (AvgIpc) is 2.48. The molecule has 1 aliphatic carbocycles. The number of nitrogens with zero attached hydrogens (tertiary/aromatic N) is 2. The van der Waals surface area contributed by atoms with E-state index >= 15 is 0 Å². The Balaban J connectivity index is 2.29. The minimum absolute atomic E-state index is 0.262. The van der Waals surface area contributed by atoms with E-state index in [4.69, 9.17) is 10.7 Å². The van der Waals surface area contributed by atoms with Gasteiger partial charge in [-0.1, -0.05) is 0 Å². The first-order chi connectivity index (χ1) is 6.31. The van der Waals surface area contributed by atoms with E-state index in [1.54, 1.807) is 0 Å². The molecule has 0 aliphatic heterocycles. The van der Waals surface area contributed by atoms with Crippen LogP contribution in [0.5, 0.6) is 0 Å². The number of alkyl halides is 2. The first-order valence-corrected chi connectivity index (χ1v) is 5.98. The highest BCUT2D eigenvalue weighted by molar-refractivity contribution is 8.13. The lowest BCUT2D eigenvalue weighted by atomic mass is 10.6. The zero-order chi connectivity index (χ0) is 10.6. The largest absolute Gasteiger partial charge is 0.272 e. The Kier molecular flexibility index (Phi) is 1.87. The van der Waals surface area contributed by atoms with E-state index in [-0.39, 0.29) is 11.3 Å². The van der Waals surface area contributed by atoms with Gasteiger partial charge in [-0.25, -0.2) is 17.2 Å². The highest BCUT2D eigenvalue weighted by Crippen LogP contribution is 2.52. The van der Waals surface area contributed by atoms with Crippen molar-refractivity contribution in [1.29, 1.82) is 0 Å². The molecule has 1 heterocycles. The molecule has 1 atom stereocenters. The van der Waals surface area contributed by atoms with Crippen molar-refractivity contribution in [3.63, 3.8) is 0 Å². The van der Waals surface area contributed by atoms with Crippen LogP contribution in [0.15, 0.2) is 17.3 Å². The molecule has 1 aromatic rings. The summed E-state index contributed by atoms with van der Waals surface area (Å²) >= 11 is 0. The van der Waals surface area contributed by atoms with Crippen molar-refractivity contribution in [3.05, 3.63) is 12.4 Å². The minimum atomic E-state index is -3.88. The smallest absolute Gasteiger partial charge is 0.262 e. The molecule has 1 saturated carbocycles. The van der Waals surface area contributed by atoms with E-state index in [9.17, 15) is 17.2 Å². The van der Waals surface area contributed by atoms with Crippen molar-refractivity contribution >= 4 is 19.7 Å². The maximum atomic E-state index is 12.5. The molecule has 8 heteroatoms. The van der Waals surface area contributed by atoms with Crippen LogP contribution in [-0.2, 0) is 9.05 Å². The van der Waals surface area contributed by atoms with Crippen molar-refractivity contribution in [1.82, 2.24) is 9.78 Å². The molecule has 1 aliphatic rings. The third-order valence-electron chi connectivity index (χ3n) is 1.97. The molecule has 0 spiro atoms. The standard InChI is InChI=1S/C6H5ClF2N2O2S/c7-14(12,13)4-2-10-11(3-4)5-1-6(5,8)9/h2-3,5H,1H2. The lowest BCUT2D eigenvalue weighted by Gasteiger charge is -1.96. The van der Waals surface area contributed by atoms with Gasteiger partial charge < -0.3 is 0 Å². The van der Waals surface area contributed by atoms with E-state index in [1.807, 2.05) is 0 Å². The highest BCUT2D eigenvalue weighted by atomic mass is 35.7. The Labute approximate surface area is 82.9 Å². The molecule has 78 valence electrons. The molecule has 1 aromatic heterocycles. The number of rotatable bonds is 2. The first-order valence-electron chi connectivity index (χ1n) is 3.67. The summed E-state index contributed by atoms with van der Waals surface area (Å²) in [6.45, 7) is 0. The van der Waals surface area contributed by atoms with Gasteiger partial charge >= 0.3 is 0 Å². The summed E-state index contributed by atoms with van der Waals surface area (Å²) in [4.78, 5) is -0.262. The second kappa shape index (κ2) is 2.66. The van der Waals surface area contributed by atoms with Crippen molar-refractivity contribution in [2.75, 3.05) is 0 Å². The molecule has 0 radical (unpaired) electrons.